The first kappa shape index (κ1) is 30.3. The Hall–Kier alpha value is -7.37. The van der Waals surface area contributed by atoms with E-state index in [4.69, 9.17) is 19.4 Å². The standard InChI is InChI=1S/C49H30N4O/c1-2-14-32(15-3-1)47-50-48(52-49(51-47)41-23-12-26-45-46(41)40-21-7-9-25-44(40)54-45)34-17-10-18-35(29-34)53-42-24-8-6-20-38(42)39-28-27-33(30-43(39)53)37-22-11-16-31-13-4-5-19-36(31)37/h1-30H. The Labute approximate surface area is 310 Å². The molecule has 0 spiro atoms. The summed E-state index contributed by atoms with van der Waals surface area (Å²) >= 11 is 0. The second-order valence-electron chi connectivity index (χ2n) is 13.6. The first-order valence-corrected chi connectivity index (χ1v) is 18.1. The number of hydrogen-bond donors (Lipinski definition) is 0. The van der Waals surface area contributed by atoms with Crippen LogP contribution < -0.4 is 0 Å². The molecule has 8 aromatic carbocycles. The van der Waals surface area contributed by atoms with E-state index < -0.39 is 0 Å². The molecule has 0 saturated heterocycles. The molecule has 0 unspecified atom stereocenters. The van der Waals surface area contributed by atoms with Gasteiger partial charge in [-0.15, -0.1) is 0 Å². The summed E-state index contributed by atoms with van der Waals surface area (Å²) in [6.07, 6.45) is 0. The minimum atomic E-state index is 0.595. The zero-order valence-electron chi connectivity index (χ0n) is 29.0. The molecule has 0 amide bonds. The lowest BCUT2D eigenvalue weighted by molar-refractivity contribution is 0.669. The topological polar surface area (TPSA) is 56.7 Å². The molecule has 3 heterocycles. The van der Waals surface area contributed by atoms with Gasteiger partial charge in [0.15, 0.2) is 17.5 Å². The van der Waals surface area contributed by atoms with E-state index in [1.165, 1.54) is 32.7 Å². The number of benzene rings is 8. The number of hydrogen-bond acceptors (Lipinski definition) is 4. The van der Waals surface area contributed by atoms with Gasteiger partial charge in [-0.3, -0.25) is 0 Å². The Kier molecular flexibility index (Phi) is 6.79. The lowest BCUT2D eigenvalue weighted by atomic mass is 9.97. The zero-order chi connectivity index (χ0) is 35.6. The Morgan fingerprint density at radius 3 is 1.91 bits per heavy atom. The Balaban J connectivity index is 1.12. The third-order valence-electron chi connectivity index (χ3n) is 10.4. The summed E-state index contributed by atoms with van der Waals surface area (Å²) < 4.78 is 8.62. The summed E-state index contributed by atoms with van der Waals surface area (Å²) in [6, 6.07) is 63.4. The third-order valence-corrected chi connectivity index (χ3v) is 10.4. The van der Waals surface area contributed by atoms with Crippen LogP contribution in [0.2, 0.25) is 0 Å². The van der Waals surface area contributed by atoms with Gasteiger partial charge in [0.05, 0.1) is 11.0 Å². The minimum absolute atomic E-state index is 0.595. The van der Waals surface area contributed by atoms with Crippen LogP contribution in [-0.4, -0.2) is 19.5 Å². The molecule has 0 atom stereocenters. The third kappa shape index (κ3) is 4.83. The van der Waals surface area contributed by atoms with E-state index in [-0.39, 0.29) is 0 Å². The van der Waals surface area contributed by atoms with E-state index in [1.807, 2.05) is 60.7 Å². The number of furan rings is 1. The van der Waals surface area contributed by atoms with E-state index in [1.54, 1.807) is 0 Å². The van der Waals surface area contributed by atoms with Gasteiger partial charge in [0.1, 0.15) is 11.2 Å². The highest BCUT2D eigenvalue weighted by Crippen LogP contribution is 2.39. The predicted molar refractivity (Wildman–Crippen MR) is 221 cm³/mol. The van der Waals surface area contributed by atoms with E-state index in [0.29, 0.717) is 17.5 Å². The fourth-order valence-electron chi connectivity index (χ4n) is 7.98. The van der Waals surface area contributed by atoms with Gasteiger partial charge in [-0.2, -0.15) is 0 Å². The summed E-state index contributed by atoms with van der Waals surface area (Å²) in [7, 11) is 0. The maximum absolute atomic E-state index is 6.26. The van der Waals surface area contributed by atoms with Crippen LogP contribution in [0.15, 0.2) is 186 Å². The largest absolute Gasteiger partial charge is 0.456 e. The molecule has 0 aliphatic rings. The van der Waals surface area contributed by atoms with Crippen molar-refractivity contribution in [3.63, 3.8) is 0 Å². The molecule has 0 N–H and O–H groups in total. The molecule has 54 heavy (non-hydrogen) atoms. The van der Waals surface area contributed by atoms with Crippen molar-refractivity contribution >= 4 is 54.5 Å². The molecule has 11 aromatic rings. The van der Waals surface area contributed by atoms with Crippen molar-refractivity contribution in [1.82, 2.24) is 19.5 Å². The molecule has 0 saturated carbocycles. The van der Waals surface area contributed by atoms with Crippen LogP contribution in [0.3, 0.4) is 0 Å². The van der Waals surface area contributed by atoms with E-state index in [2.05, 4.69) is 126 Å². The molecule has 252 valence electrons. The number of para-hydroxylation sites is 2. The number of aromatic nitrogens is 4. The molecule has 0 aliphatic carbocycles. The second-order valence-corrected chi connectivity index (χ2v) is 13.6. The Bertz CT molecular complexity index is 3230. The summed E-state index contributed by atoms with van der Waals surface area (Å²) in [5, 5.41) is 6.90. The van der Waals surface area contributed by atoms with Crippen molar-refractivity contribution < 1.29 is 4.42 Å². The fraction of sp³-hybridized carbons (Fsp3) is 0. The highest BCUT2D eigenvalue weighted by atomic mass is 16.3. The summed E-state index contributed by atoms with van der Waals surface area (Å²) in [5.41, 5.74) is 10.0. The van der Waals surface area contributed by atoms with Gasteiger partial charge in [0, 0.05) is 43.9 Å². The predicted octanol–water partition coefficient (Wildman–Crippen LogP) is 12.7. The van der Waals surface area contributed by atoms with Gasteiger partial charge >= 0.3 is 0 Å². The highest BCUT2D eigenvalue weighted by Gasteiger charge is 2.19. The van der Waals surface area contributed by atoms with Crippen molar-refractivity contribution in [3.8, 4) is 51.0 Å². The van der Waals surface area contributed by atoms with E-state index >= 15 is 0 Å². The van der Waals surface area contributed by atoms with Crippen LogP contribution in [0, 0.1) is 0 Å². The van der Waals surface area contributed by atoms with Crippen molar-refractivity contribution in [2.45, 2.75) is 0 Å². The SMILES string of the molecule is c1ccc(-c2nc(-c3cccc(-n4c5ccccc5c5ccc(-c6cccc7ccccc67)cc54)c3)nc(-c3cccc4oc5ccccc5c34)n2)cc1. The maximum Gasteiger partial charge on any atom is 0.164 e. The molecular formula is C49H30N4O. The number of fused-ring (bicyclic) bond motifs is 7. The van der Waals surface area contributed by atoms with Gasteiger partial charge in [-0.25, -0.2) is 15.0 Å². The van der Waals surface area contributed by atoms with Crippen LogP contribution in [0.5, 0.6) is 0 Å². The van der Waals surface area contributed by atoms with Gasteiger partial charge in [-0.1, -0.05) is 146 Å². The molecular weight excluding hydrogens is 661 g/mol. The molecule has 0 bridgehead atoms. The molecule has 11 rings (SSSR count). The molecule has 5 nitrogen and oxygen atoms in total. The number of rotatable bonds is 5. The molecule has 0 radical (unpaired) electrons. The zero-order valence-corrected chi connectivity index (χ0v) is 29.0. The monoisotopic (exact) mass is 690 g/mol. The van der Waals surface area contributed by atoms with Crippen molar-refractivity contribution in [3.05, 3.63) is 182 Å². The van der Waals surface area contributed by atoms with Gasteiger partial charge in [-0.05, 0) is 58.3 Å². The molecule has 0 fully saturated rings. The highest BCUT2D eigenvalue weighted by molar-refractivity contribution is 6.12. The average molecular weight is 691 g/mol. The maximum atomic E-state index is 6.26. The summed E-state index contributed by atoms with van der Waals surface area (Å²) in [5.74, 6) is 1.81. The van der Waals surface area contributed by atoms with Crippen LogP contribution in [0.4, 0.5) is 0 Å². The summed E-state index contributed by atoms with van der Waals surface area (Å²) in [4.78, 5) is 15.4. The van der Waals surface area contributed by atoms with E-state index in [0.717, 1.165) is 55.3 Å². The van der Waals surface area contributed by atoms with E-state index in [9.17, 15) is 0 Å². The van der Waals surface area contributed by atoms with Crippen molar-refractivity contribution in [2.75, 3.05) is 0 Å². The van der Waals surface area contributed by atoms with Crippen LogP contribution in [-0.2, 0) is 0 Å². The Morgan fingerprint density at radius 1 is 0.370 bits per heavy atom. The average Bonchev–Trinajstić information content (AvgIpc) is 3.79. The summed E-state index contributed by atoms with van der Waals surface area (Å²) in [6.45, 7) is 0. The molecule has 5 heteroatoms. The van der Waals surface area contributed by atoms with Crippen LogP contribution in [0.1, 0.15) is 0 Å². The van der Waals surface area contributed by atoms with Crippen LogP contribution >= 0.6 is 0 Å². The first-order valence-electron chi connectivity index (χ1n) is 18.1. The Morgan fingerprint density at radius 2 is 1.00 bits per heavy atom. The normalized spacial score (nSPS) is 11.7. The minimum Gasteiger partial charge on any atom is -0.456 e. The van der Waals surface area contributed by atoms with Gasteiger partial charge in [0.25, 0.3) is 0 Å². The lowest BCUT2D eigenvalue weighted by Gasteiger charge is -2.13. The quantitative estimate of drug-likeness (QED) is 0.180. The fourth-order valence-corrected chi connectivity index (χ4v) is 7.98. The smallest absolute Gasteiger partial charge is 0.164 e. The number of nitrogens with zero attached hydrogens (tertiary/aromatic N) is 4. The molecule has 3 aromatic heterocycles. The van der Waals surface area contributed by atoms with Crippen molar-refractivity contribution in [1.29, 1.82) is 0 Å². The first-order chi connectivity index (χ1) is 26.8. The lowest BCUT2D eigenvalue weighted by Crippen LogP contribution is -2.01. The van der Waals surface area contributed by atoms with Crippen molar-refractivity contribution in [2.24, 2.45) is 0 Å². The van der Waals surface area contributed by atoms with Gasteiger partial charge in [0.2, 0.25) is 0 Å². The second kappa shape index (κ2) is 12.1. The molecule has 0 aliphatic heterocycles. The van der Waals surface area contributed by atoms with Crippen LogP contribution in [0.25, 0.3) is 105 Å². The van der Waals surface area contributed by atoms with Gasteiger partial charge < -0.3 is 8.98 Å².